The summed E-state index contributed by atoms with van der Waals surface area (Å²) in [7, 11) is 1.89. The predicted octanol–water partition coefficient (Wildman–Crippen LogP) is 1.67. The number of carbonyl (C=O) groups is 1. The van der Waals surface area contributed by atoms with Gasteiger partial charge in [-0.3, -0.25) is 4.79 Å². The van der Waals surface area contributed by atoms with Gasteiger partial charge in [-0.2, -0.15) is 0 Å². The van der Waals surface area contributed by atoms with Crippen molar-refractivity contribution in [2.24, 2.45) is 0 Å². The van der Waals surface area contributed by atoms with Crippen LogP contribution in [0.2, 0.25) is 0 Å². The molecular weight excluding hydrogens is 284 g/mol. The van der Waals surface area contributed by atoms with Crippen molar-refractivity contribution in [2.45, 2.75) is 13.3 Å². The molecule has 2 N–H and O–H groups in total. The normalized spacial score (nSPS) is 10.5. The SMILES string of the molecule is CCC(=O)Nc1ccc(OCCOCCOCCNC)cc1. The minimum atomic E-state index is -0.000921. The standard InChI is InChI=1S/C16H26N2O4/c1-3-16(19)18-14-4-6-15(7-5-14)22-13-12-21-11-10-20-9-8-17-2/h4-7,17H,3,8-13H2,1-2H3,(H,18,19). The number of rotatable bonds is 12. The van der Waals surface area contributed by atoms with E-state index in [0.717, 1.165) is 18.0 Å². The highest BCUT2D eigenvalue weighted by Crippen LogP contribution is 2.15. The number of anilines is 1. The summed E-state index contributed by atoms with van der Waals surface area (Å²) in [5, 5.41) is 5.79. The number of carbonyl (C=O) groups excluding carboxylic acids is 1. The molecule has 124 valence electrons. The van der Waals surface area contributed by atoms with Crippen LogP contribution in [-0.4, -0.2) is 52.5 Å². The molecule has 1 rings (SSSR count). The molecule has 0 unspecified atom stereocenters. The van der Waals surface area contributed by atoms with Crippen LogP contribution in [0.3, 0.4) is 0 Å². The van der Waals surface area contributed by atoms with Crippen LogP contribution in [-0.2, 0) is 14.3 Å². The first kappa shape index (κ1) is 18.4. The highest BCUT2D eigenvalue weighted by molar-refractivity contribution is 5.90. The largest absolute Gasteiger partial charge is 0.491 e. The Bertz CT molecular complexity index is 409. The maximum Gasteiger partial charge on any atom is 0.224 e. The number of benzene rings is 1. The zero-order valence-electron chi connectivity index (χ0n) is 13.4. The quantitative estimate of drug-likeness (QED) is 0.575. The first-order valence-electron chi connectivity index (χ1n) is 7.59. The zero-order chi connectivity index (χ0) is 16.0. The molecule has 6 nitrogen and oxygen atoms in total. The fourth-order valence-electron chi connectivity index (χ4n) is 1.60. The van der Waals surface area contributed by atoms with Crippen molar-refractivity contribution in [1.82, 2.24) is 5.32 Å². The molecule has 0 aliphatic rings. The van der Waals surface area contributed by atoms with E-state index in [2.05, 4.69) is 10.6 Å². The van der Waals surface area contributed by atoms with Gasteiger partial charge < -0.3 is 24.8 Å². The Kier molecular flexibility index (Phi) is 10.0. The van der Waals surface area contributed by atoms with Gasteiger partial charge >= 0.3 is 0 Å². The summed E-state index contributed by atoms with van der Waals surface area (Å²) < 4.78 is 16.3. The molecule has 0 radical (unpaired) electrons. The van der Waals surface area contributed by atoms with Gasteiger partial charge in [0.2, 0.25) is 5.91 Å². The lowest BCUT2D eigenvalue weighted by atomic mass is 10.3. The van der Waals surface area contributed by atoms with Crippen molar-refractivity contribution < 1.29 is 19.0 Å². The van der Waals surface area contributed by atoms with E-state index >= 15 is 0 Å². The van der Waals surface area contributed by atoms with Crippen LogP contribution in [0, 0.1) is 0 Å². The molecular formula is C16H26N2O4. The Morgan fingerprint density at radius 2 is 1.64 bits per heavy atom. The zero-order valence-corrected chi connectivity index (χ0v) is 13.4. The highest BCUT2D eigenvalue weighted by atomic mass is 16.5. The van der Waals surface area contributed by atoms with Crippen LogP contribution >= 0.6 is 0 Å². The maximum absolute atomic E-state index is 11.2. The van der Waals surface area contributed by atoms with E-state index in [0.29, 0.717) is 39.5 Å². The van der Waals surface area contributed by atoms with Gasteiger partial charge in [-0.25, -0.2) is 0 Å². The van der Waals surface area contributed by atoms with Crippen LogP contribution in [0.15, 0.2) is 24.3 Å². The summed E-state index contributed by atoms with van der Waals surface area (Å²) in [4.78, 5) is 11.2. The molecule has 0 atom stereocenters. The average molecular weight is 310 g/mol. The second-order valence-electron chi connectivity index (χ2n) is 4.60. The third-order valence-corrected chi connectivity index (χ3v) is 2.82. The van der Waals surface area contributed by atoms with Gasteiger partial charge in [0.1, 0.15) is 12.4 Å². The van der Waals surface area contributed by atoms with Crippen molar-refractivity contribution in [1.29, 1.82) is 0 Å². The molecule has 0 aromatic heterocycles. The van der Waals surface area contributed by atoms with Gasteiger partial charge in [-0.1, -0.05) is 6.92 Å². The Labute approximate surface area is 132 Å². The van der Waals surface area contributed by atoms with E-state index in [1.165, 1.54) is 0 Å². The Morgan fingerprint density at radius 1 is 1.00 bits per heavy atom. The van der Waals surface area contributed by atoms with Crippen LogP contribution in [0.25, 0.3) is 0 Å². The fraction of sp³-hybridized carbons (Fsp3) is 0.562. The molecule has 0 fully saturated rings. The van der Waals surface area contributed by atoms with E-state index in [1.54, 1.807) is 0 Å². The number of hydrogen-bond acceptors (Lipinski definition) is 5. The van der Waals surface area contributed by atoms with Crippen molar-refractivity contribution in [3.05, 3.63) is 24.3 Å². The summed E-state index contributed by atoms with van der Waals surface area (Å²) >= 11 is 0. The molecule has 22 heavy (non-hydrogen) atoms. The lowest BCUT2D eigenvalue weighted by Crippen LogP contribution is -2.17. The summed E-state index contributed by atoms with van der Waals surface area (Å²) in [6.45, 7) is 5.51. The third kappa shape index (κ3) is 8.61. The Balaban J connectivity index is 2.06. The molecule has 0 saturated heterocycles. The topological polar surface area (TPSA) is 68.8 Å². The second-order valence-corrected chi connectivity index (χ2v) is 4.60. The maximum atomic E-state index is 11.2. The van der Waals surface area contributed by atoms with Gasteiger partial charge in [0, 0.05) is 18.7 Å². The number of likely N-dealkylation sites (N-methyl/N-ethyl adjacent to an activating group) is 1. The molecule has 0 aliphatic carbocycles. The molecule has 0 bridgehead atoms. The van der Waals surface area contributed by atoms with Crippen molar-refractivity contribution >= 4 is 11.6 Å². The lowest BCUT2D eigenvalue weighted by Gasteiger charge is -2.09. The number of hydrogen-bond donors (Lipinski definition) is 2. The smallest absolute Gasteiger partial charge is 0.224 e. The van der Waals surface area contributed by atoms with E-state index in [4.69, 9.17) is 14.2 Å². The number of ether oxygens (including phenoxy) is 3. The molecule has 1 aromatic rings. The van der Waals surface area contributed by atoms with Crippen molar-refractivity contribution in [3.8, 4) is 5.75 Å². The summed E-state index contributed by atoms with van der Waals surface area (Å²) in [5.41, 5.74) is 0.772. The van der Waals surface area contributed by atoms with Gasteiger partial charge in [0.05, 0.1) is 26.4 Å². The molecule has 0 heterocycles. The number of amides is 1. The molecule has 6 heteroatoms. The molecule has 0 saturated carbocycles. The first-order chi connectivity index (χ1) is 10.8. The van der Waals surface area contributed by atoms with Crippen molar-refractivity contribution in [2.75, 3.05) is 51.9 Å². The predicted molar refractivity (Wildman–Crippen MR) is 86.4 cm³/mol. The minimum absolute atomic E-state index is 0.000921. The van der Waals surface area contributed by atoms with Crippen molar-refractivity contribution in [3.63, 3.8) is 0 Å². The average Bonchev–Trinajstić information content (AvgIpc) is 2.54. The summed E-state index contributed by atoms with van der Waals surface area (Å²) in [6, 6.07) is 7.29. The first-order valence-corrected chi connectivity index (χ1v) is 7.59. The van der Waals surface area contributed by atoms with E-state index < -0.39 is 0 Å². The molecule has 0 aliphatic heterocycles. The molecule has 0 spiro atoms. The summed E-state index contributed by atoms with van der Waals surface area (Å²) in [5.74, 6) is 0.752. The lowest BCUT2D eigenvalue weighted by molar-refractivity contribution is -0.115. The van der Waals surface area contributed by atoms with Crippen LogP contribution in [0.5, 0.6) is 5.75 Å². The molecule has 1 amide bonds. The second kappa shape index (κ2) is 12.0. The van der Waals surface area contributed by atoms with Crippen LogP contribution in [0.4, 0.5) is 5.69 Å². The van der Waals surface area contributed by atoms with Gasteiger partial charge in [0.25, 0.3) is 0 Å². The van der Waals surface area contributed by atoms with Gasteiger partial charge in [-0.15, -0.1) is 0 Å². The Hall–Kier alpha value is -1.63. The minimum Gasteiger partial charge on any atom is -0.491 e. The van der Waals surface area contributed by atoms with Crippen LogP contribution < -0.4 is 15.4 Å². The Morgan fingerprint density at radius 3 is 2.27 bits per heavy atom. The molecule has 1 aromatic carbocycles. The van der Waals surface area contributed by atoms with Crippen LogP contribution in [0.1, 0.15) is 13.3 Å². The third-order valence-electron chi connectivity index (χ3n) is 2.82. The van der Waals surface area contributed by atoms with E-state index in [-0.39, 0.29) is 5.91 Å². The summed E-state index contributed by atoms with van der Waals surface area (Å²) in [6.07, 6.45) is 0.467. The van der Waals surface area contributed by atoms with Gasteiger partial charge in [0.15, 0.2) is 0 Å². The highest BCUT2D eigenvalue weighted by Gasteiger charge is 1.99. The van der Waals surface area contributed by atoms with E-state index in [1.807, 2.05) is 38.2 Å². The van der Waals surface area contributed by atoms with Gasteiger partial charge in [-0.05, 0) is 31.3 Å². The van der Waals surface area contributed by atoms with E-state index in [9.17, 15) is 4.79 Å². The number of nitrogens with one attached hydrogen (secondary N) is 2. The monoisotopic (exact) mass is 310 g/mol. The fourth-order valence-corrected chi connectivity index (χ4v) is 1.60.